The van der Waals surface area contributed by atoms with Gasteiger partial charge in [-0.2, -0.15) is 0 Å². The number of thiazole rings is 1. The minimum atomic E-state index is -3.68. The fourth-order valence-electron chi connectivity index (χ4n) is 3.87. The predicted octanol–water partition coefficient (Wildman–Crippen LogP) is 0.710. The van der Waals surface area contributed by atoms with E-state index in [1.807, 2.05) is 0 Å². The molecule has 232 valence electrons. The normalized spacial score (nSPS) is 18.6. The number of aryl methyl sites for hydroxylation is 1. The standard InChI is InChI=1S/C21H26N9O9PS3/c1-4-38-40(36,39-5-2)10-37-26-13(12-8-42-20(23-12)22-9-31)16(32)24-14-17(33)30-15(19(34)35)11(6-41-18(14)30)7-43-21-25-27-28-29(21)3/h8-9,14,18H,4-7,10H2,1-3H3,(H,24,32)(H,34,35)(H,22,23,31)/t14?,18-/m0/s1. The van der Waals surface area contributed by atoms with Crippen LogP contribution in [0.4, 0.5) is 5.13 Å². The second-order valence-electron chi connectivity index (χ2n) is 8.44. The lowest BCUT2D eigenvalue weighted by molar-refractivity contribution is -0.150. The number of rotatable bonds is 16. The van der Waals surface area contributed by atoms with Gasteiger partial charge < -0.3 is 29.6 Å². The molecule has 0 radical (unpaired) electrons. The first-order valence-corrected chi connectivity index (χ1v) is 17.1. The minimum Gasteiger partial charge on any atom is -0.477 e. The summed E-state index contributed by atoms with van der Waals surface area (Å²) in [5.74, 6) is -2.27. The smallest absolute Gasteiger partial charge is 0.370 e. The number of oxime groups is 1. The molecule has 1 fully saturated rings. The molecule has 43 heavy (non-hydrogen) atoms. The first-order valence-electron chi connectivity index (χ1n) is 12.4. The number of carbonyl (C=O) groups is 4. The molecule has 0 bridgehead atoms. The Labute approximate surface area is 256 Å². The van der Waals surface area contributed by atoms with Gasteiger partial charge in [-0.25, -0.2) is 14.5 Å². The van der Waals surface area contributed by atoms with Crippen LogP contribution in [0.1, 0.15) is 19.5 Å². The summed E-state index contributed by atoms with van der Waals surface area (Å²) >= 11 is 3.51. The first-order chi connectivity index (χ1) is 20.6. The van der Waals surface area contributed by atoms with E-state index in [0.717, 1.165) is 16.2 Å². The molecule has 1 saturated heterocycles. The number of carboxylic acid groups (broad SMARTS) is 1. The summed E-state index contributed by atoms with van der Waals surface area (Å²) < 4.78 is 24.5. The zero-order valence-electron chi connectivity index (χ0n) is 22.9. The fraction of sp³-hybridized carbons (Fsp3) is 0.476. The van der Waals surface area contributed by atoms with E-state index in [9.17, 15) is 28.8 Å². The van der Waals surface area contributed by atoms with Gasteiger partial charge >= 0.3 is 13.6 Å². The van der Waals surface area contributed by atoms with E-state index in [-0.39, 0.29) is 47.0 Å². The Morgan fingerprint density at radius 1 is 1.33 bits per heavy atom. The van der Waals surface area contributed by atoms with Gasteiger partial charge in [0.25, 0.3) is 11.8 Å². The summed E-state index contributed by atoms with van der Waals surface area (Å²) in [5, 5.41) is 31.2. The molecule has 2 aliphatic heterocycles. The SMILES string of the molecule is CCOP(=O)(CON=C(C(=O)NC1C(=O)N2C(C(=O)O)=C(CSc3nnnn3C)CS[C@@H]12)c1csc(NC=O)n1)OCC. The molecule has 2 aromatic rings. The van der Waals surface area contributed by atoms with Crippen LogP contribution in [-0.2, 0) is 44.7 Å². The highest BCUT2D eigenvalue weighted by atomic mass is 32.2. The molecule has 2 aliphatic rings. The molecule has 0 saturated carbocycles. The number of tetrazole rings is 1. The Balaban J connectivity index is 1.51. The molecule has 4 heterocycles. The Hall–Kier alpha value is -3.36. The molecular formula is C21H26N9O9PS3. The van der Waals surface area contributed by atoms with Gasteiger partial charge in [-0.3, -0.25) is 23.8 Å². The van der Waals surface area contributed by atoms with Gasteiger partial charge in [0.05, 0.1) is 13.2 Å². The number of fused-ring (bicyclic) bond motifs is 1. The maximum absolute atomic E-state index is 13.4. The molecule has 3 amide bonds. The predicted molar refractivity (Wildman–Crippen MR) is 154 cm³/mol. The summed E-state index contributed by atoms with van der Waals surface area (Å²) in [6.45, 7) is 3.40. The number of hydrogen-bond donors (Lipinski definition) is 3. The zero-order chi connectivity index (χ0) is 31.1. The van der Waals surface area contributed by atoms with E-state index in [1.165, 1.54) is 33.6 Å². The van der Waals surface area contributed by atoms with Gasteiger partial charge in [0.1, 0.15) is 22.8 Å². The van der Waals surface area contributed by atoms with Gasteiger partial charge in [0.15, 0.2) is 10.8 Å². The van der Waals surface area contributed by atoms with Gasteiger partial charge in [-0.05, 0) is 29.8 Å². The van der Waals surface area contributed by atoms with Crippen LogP contribution in [-0.4, -0.2) is 108 Å². The first kappa shape index (κ1) is 32.6. The second kappa shape index (κ2) is 14.4. The van der Waals surface area contributed by atoms with Crippen LogP contribution in [0.15, 0.2) is 27.0 Å². The highest BCUT2D eigenvalue weighted by Crippen LogP contribution is 2.48. The summed E-state index contributed by atoms with van der Waals surface area (Å²) in [5.41, 5.74) is -0.0460. The third-order valence-corrected chi connectivity index (χ3v) is 10.6. The van der Waals surface area contributed by atoms with E-state index in [2.05, 4.69) is 36.3 Å². The van der Waals surface area contributed by atoms with Crippen LogP contribution in [0, 0.1) is 0 Å². The van der Waals surface area contributed by atoms with Crippen LogP contribution in [0.2, 0.25) is 0 Å². The van der Waals surface area contributed by atoms with Crippen LogP contribution in [0.25, 0.3) is 0 Å². The summed E-state index contributed by atoms with van der Waals surface area (Å²) in [6.07, 6.45) is -0.204. The molecule has 1 unspecified atom stereocenters. The van der Waals surface area contributed by atoms with Crippen LogP contribution in [0.5, 0.6) is 0 Å². The van der Waals surface area contributed by atoms with E-state index >= 15 is 0 Å². The number of carbonyl (C=O) groups excluding carboxylic acids is 3. The number of aliphatic carboxylic acids is 1. The van der Waals surface area contributed by atoms with E-state index in [4.69, 9.17) is 13.9 Å². The minimum absolute atomic E-state index is 0.00174. The van der Waals surface area contributed by atoms with E-state index in [1.54, 1.807) is 20.9 Å². The number of anilines is 1. The quantitative estimate of drug-likeness (QED) is 0.0556. The molecule has 0 spiro atoms. The summed E-state index contributed by atoms with van der Waals surface area (Å²) in [6, 6.07) is -1.08. The monoisotopic (exact) mass is 675 g/mol. The van der Waals surface area contributed by atoms with Crippen molar-refractivity contribution < 1.29 is 42.7 Å². The maximum atomic E-state index is 13.4. The van der Waals surface area contributed by atoms with Gasteiger partial charge in [-0.15, -0.1) is 28.2 Å². The lowest BCUT2D eigenvalue weighted by Gasteiger charge is -2.49. The van der Waals surface area contributed by atoms with Crippen LogP contribution in [0.3, 0.4) is 0 Å². The maximum Gasteiger partial charge on any atom is 0.370 e. The number of amides is 3. The van der Waals surface area contributed by atoms with Crippen LogP contribution >= 0.6 is 42.5 Å². The highest BCUT2D eigenvalue weighted by molar-refractivity contribution is 8.01. The van der Waals surface area contributed by atoms with Crippen molar-refractivity contribution in [3.05, 3.63) is 22.3 Å². The second-order valence-corrected chi connectivity index (χ2v) is 13.3. The third kappa shape index (κ3) is 7.42. The summed E-state index contributed by atoms with van der Waals surface area (Å²) in [4.78, 5) is 60.0. The molecule has 0 aliphatic carbocycles. The van der Waals surface area contributed by atoms with Gasteiger partial charge in [0, 0.05) is 23.9 Å². The van der Waals surface area contributed by atoms with Crippen molar-refractivity contribution in [1.82, 2.24) is 35.4 Å². The summed E-state index contributed by atoms with van der Waals surface area (Å²) in [7, 11) is -2.03. The van der Waals surface area contributed by atoms with Crippen molar-refractivity contribution in [2.75, 3.05) is 36.4 Å². The Morgan fingerprint density at radius 2 is 2.07 bits per heavy atom. The molecule has 22 heteroatoms. The number of hydrogen-bond acceptors (Lipinski definition) is 16. The largest absolute Gasteiger partial charge is 0.477 e. The van der Waals surface area contributed by atoms with E-state index in [0.29, 0.717) is 17.1 Å². The molecule has 2 aromatic heterocycles. The molecule has 4 rings (SSSR count). The molecule has 18 nitrogen and oxygen atoms in total. The lowest BCUT2D eigenvalue weighted by atomic mass is 10.0. The van der Waals surface area contributed by atoms with Crippen molar-refractivity contribution in [2.45, 2.75) is 30.4 Å². The number of β-lactam (4-membered cyclic amide) rings is 1. The van der Waals surface area contributed by atoms with Gasteiger partial charge in [0.2, 0.25) is 17.9 Å². The van der Waals surface area contributed by atoms with E-state index < -0.39 is 43.1 Å². The van der Waals surface area contributed by atoms with Crippen LogP contribution < -0.4 is 10.6 Å². The molecule has 3 N–H and O–H groups in total. The number of carboxylic acids is 1. The average molecular weight is 676 g/mol. The Bertz CT molecular complexity index is 1490. The molecule has 2 atom stereocenters. The van der Waals surface area contributed by atoms with Crippen molar-refractivity contribution in [3.8, 4) is 0 Å². The van der Waals surface area contributed by atoms with Crippen molar-refractivity contribution in [2.24, 2.45) is 12.2 Å². The lowest BCUT2D eigenvalue weighted by Crippen LogP contribution is -2.71. The average Bonchev–Trinajstić information content (AvgIpc) is 3.61. The Morgan fingerprint density at radius 3 is 2.70 bits per heavy atom. The third-order valence-electron chi connectivity index (χ3n) is 5.66. The van der Waals surface area contributed by atoms with Gasteiger partial charge in [-0.1, -0.05) is 16.9 Å². The number of aromatic nitrogens is 5. The highest BCUT2D eigenvalue weighted by Gasteiger charge is 2.54. The zero-order valence-corrected chi connectivity index (χ0v) is 26.2. The molecule has 0 aromatic carbocycles. The van der Waals surface area contributed by atoms with Crippen molar-refractivity contribution in [3.63, 3.8) is 0 Å². The number of thioether (sulfide) groups is 2. The van der Waals surface area contributed by atoms with Crippen molar-refractivity contribution >= 4 is 77.5 Å². The number of nitrogens with zero attached hydrogens (tertiary/aromatic N) is 7. The van der Waals surface area contributed by atoms with Crippen molar-refractivity contribution in [1.29, 1.82) is 0 Å². The number of nitrogens with one attached hydrogen (secondary N) is 2. The Kier molecular flexibility index (Phi) is 10.9. The topological polar surface area (TPSA) is 229 Å². The molecular weight excluding hydrogens is 649 g/mol. The fourth-order valence-corrected chi connectivity index (χ4v) is 8.07.